The predicted molar refractivity (Wildman–Crippen MR) is 43.7 cm³/mol. The first-order valence-electron chi connectivity index (χ1n) is 3.03. The van der Waals surface area contributed by atoms with Gasteiger partial charge in [-0.1, -0.05) is 28.1 Å². The summed E-state index contributed by atoms with van der Waals surface area (Å²) in [5, 5.41) is 8.46. The molecule has 1 atom stereocenters. The fraction of sp³-hybridized carbons (Fsp3) is 0.125. The lowest BCUT2D eigenvalue weighted by molar-refractivity contribution is 0.626. The van der Waals surface area contributed by atoms with Crippen LogP contribution in [-0.4, -0.2) is 0 Å². The molecule has 0 spiro atoms. The Balaban J connectivity index is 2.98. The summed E-state index contributed by atoms with van der Waals surface area (Å²) in [7, 11) is 0. The van der Waals surface area contributed by atoms with Crippen LogP contribution in [0.3, 0.4) is 0 Å². The lowest BCUT2D eigenvalue weighted by atomic mass is 10.2. The number of hydrogen-bond donors (Lipinski definition) is 0. The Kier molecular flexibility index (Phi) is 2.61. The van der Waals surface area contributed by atoms with Gasteiger partial charge in [-0.25, -0.2) is 4.39 Å². The fourth-order valence-electron chi connectivity index (χ4n) is 0.739. The van der Waals surface area contributed by atoms with Crippen molar-refractivity contribution in [3.05, 3.63) is 35.6 Å². The predicted octanol–water partition coefficient (Wildman–Crippen LogP) is 2.79. The van der Waals surface area contributed by atoms with Gasteiger partial charge in [0, 0.05) is 0 Å². The van der Waals surface area contributed by atoms with E-state index in [9.17, 15) is 4.39 Å². The highest BCUT2D eigenvalue weighted by molar-refractivity contribution is 9.09. The van der Waals surface area contributed by atoms with Crippen LogP contribution in [0.1, 0.15) is 10.4 Å². The molecule has 11 heavy (non-hydrogen) atoms. The minimum atomic E-state index is -0.418. The van der Waals surface area contributed by atoms with E-state index >= 15 is 0 Å². The van der Waals surface area contributed by atoms with Crippen molar-refractivity contribution in [3.63, 3.8) is 0 Å². The molecule has 1 rings (SSSR count). The maximum atomic E-state index is 12.5. The third-order valence-corrected chi connectivity index (χ3v) is 1.99. The molecule has 0 radical (unpaired) electrons. The van der Waals surface area contributed by atoms with E-state index in [2.05, 4.69) is 15.9 Å². The lowest BCUT2D eigenvalue weighted by Crippen LogP contribution is -1.85. The molecular weight excluding hydrogens is 209 g/mol. The van der Waals surface area contributed by atoms with E-state index in [0.717, 1.165) is 0 Å². The van der Waals surface area contributed by atoms with Gasteiger partial charge in [-0.2, -0.15) is 5.26 Å². The molecule has 0 saturated heterocycles. The normalized spacial score (nSPS) is 12.1. The van der Waals surface area contributed by atoms with Gasteiger partial charge in [0.1, 0.15) is 10.6 Å². The van der Waals surface area contributed by atoms with Crippen molar-refractivity contribution in [3.8, 4) is 6.07 Å². The topological polar surface area (TPSA) is 23.8 Å². The highest BCUT2D eigenvalue weighted by Crippen LogP contribution is 2.21. The number of nitrogens with zero attached hydrogens (tertiary/aromatic N) is 1. The zero-order valence-corrected chi connectivity index (χ0v) is 7.18. The molecule has 56 valence electrons. The second-order valence-corrected chi connectivity index (χ2v) is 2.96. The number of alkyl halides is 1. The van der Waals surface area contributed by atoms with Crippen molar-refractivity contribution in [2.75, 3.05) is 0 Å². The molecule has 0 heterocycles. The highest BCUT2D eigenvalue weighted by Gasteiger charge is 2.04. The van der Waals surface area contributed by atoms with Crippen LogP contribution >= 0.6 is 15.9 Å². The molecule has 0 aliphatic heterocycles. The van der Waals surface area contributed by atoms with Crippen LogP contribution in [0.25, 0.3) is 0 Å². The number of halogens is 2. The van der Waals surface area contributed by atoms with Crippen molar-refractivity contribution >= 4 is 15.9 Å². The van der Waals surface area contributed by atoms with Crippen LogP contribution in [-0.2, 0) is 0 Å². The summed E-state index contributed by atoms with van der Waals surface area (Å²) < 4.78 is 12.5. The second-order valence-electron chi connectivity index (χ2n) is 2.05. The van der Waals surface area contributed by atoms with Crippen LogP contribution in [0.4, 0.5) is 4.39 Å². The molecular formula is C8H5BrFN. The molecule has 0 fully saturated rings. The second kappa shape index (κ2) is 3.49. The zero-order chi connectivity index (χ0) is 8.27. The fourth-order valence-corrected chi connectivity index (χ4v) is 1.02. The largest absolute Gasteiger partial charge is 0.207 e. The molecule has 1 nitrogen and oxygen atoms in total. The van der Waals surface area contributed by atoms with E-state index in [-0.39, 0.29) is 5.82 Å². The van der Waals surface area contributed by atoms with Crippen molar-refractivity contribution in [2.45, 2.75) is 4.83 Å². The van der Waals surface area contributed by atoms with Gasteiger partial charge < -0.3 is 0 Å². The minimum absolute atomic E-state index is 0.317. The Morgan fingerprint density at radius 1 is 1.55 bits per heavy atom. The van der Waals surface area contributed by atoms with Gasteiger partial charge in [-0.05, 0) is 17.7 Å². The van der Waals surface area contributed by atoms with Crippen LogP contribution in [0.5, 0.6) is 0 Å². The maximum Gasteiger partial charge on any atom is 0.126 e. The van der Waals surface area contributed by atoms with Crippen LogP contribution < -0.4 is 0 Å². The van der Waals surface area contributed by atoms with Crippen LogP contribution in [0.2, 0.25) is 0 Å². The quantitative estimate of drug-likeness (QED) is 0.659. The van der Waals surface area contributed by atoms with Gasteiger partial charge in [0.15, 0.2) is 0 Å². The molecule has 0 aliphatic rings. The molecule has 0 aliphatic carbocycles. The van der Waals surface area contributed by atoms with E-state index in [1.165, 1.54) is 12.1 Å². The van der Waals surface area contributed by atoms with Crippen molar-refractivity contribution in [1.29, 1.82) is 5.26 Å². The average Bonchev–Trinajstić information content (AvgIpc) is 2.03. The molecule has 0 aromatic heterocycles. The number of nitriles is 1. The van der Waals surface area contributed by atoms with E-state index < -0.39 is 4.83 Å². The molecule has 0 bridgehead atoms. The number of rotatable bonds is 1. The summed E-state index contributed by atoms with van der Waals surface area (Å²) in [4.78, 5) is -0.418. The van der Waals surface area contributed by atoms with E-state index in [0.29, 0.717) is 5.56 Å². The Morgan fingerprint density at radius 2 is 2.27 bits per heavy atom. The average molecular weight is 214 g/mol. The Hall–Kier alpha value is -0.880. The molecule has 1 aromatic carbocycles. The molecule has 0 saturated carbocycles. The molecule has 0 amide bonds. The van der Waals surface area contributed by atoms with Crippen LogP contribution in [0.15, 0.2) is 24.3 Å². The lowest BCUT2D eigenvalue weighted by Gasteiger charge is -1.98. The summed E-state index contributed by atoms with van der Waals surface area (Å²) >= 11 is 3.09. The van der Waals surface area contributed by atoms with Crippen molar-refractivity contribution in [2.24, 2.45) is 0 Å². The first kappa shape index (κ1) is 8.22. The highest BCUT2D eigenvalue weighted by atomic mass is 79.9. The SMILES string of the molecule is N#CC(Br)c1cccc(F)c1. The molecule has 1 unspecified atom stereocenters. The summed E-state index contributed by atoms with van der Waals surface area (Å²) in [5.74, 6) is -0.317. The third-order valence-electron chi connectivity index (χ3n) is 1.25. The summed E-state index contributed by atoms with van der Waals surface area (Å²) in [6.45, 7) is 0. The van der Waals surface area contributed by atoms with Gasteiger partial charge in [-0.3, -0.25) is 0 Å². The Morgan fingerprint density at radius 3 is 2.82 bits per heavy atom. The number of benzene rings is 1. The van der Waals surface area contributed by atoms with E-state index in [4.69, 9.17) is 5.26 Å². The van der Waals surface area contributed by atoms with Gasteiger partial charge in [0.05, 0.1) is 6.07 Å². The number of hydrogen-bond acceptors (Lipinski definition) is 1. The summed E-state index contributed by atoms with van der Waals surface area (Å²) in [5.41, 5.74) is 0.646. The zero-order valence-electron chi connectivity index (χ0n) is 5.59. The van der Waals surface area contributed by atoms with Crippen LogP contribution in [0, 0.1) is 17.1 Å². The Labute approximate surface area is 72.6 Å². The maximum absolute atomic E-state index is 12.5. The molecule has 0 N–H and O–H groups in total. The first-order valence-corrected chi connectivity index (χ1v) is 3.95. The smallest absolute Gasteiger partial charge is 0.126 e. The molecule has 3 heteroatoms. The molecule has 1 aromatic rings. The van der Waals surface area contributed by atoms with Gasteiger partial charge >= 0.3 is 0 Å². The van der Waals surface area contributed by atoms with Crippen molar-refractivity contribution in [1.82, 2.24) is 0 Å². The standard InChI is InChI=1S/C8H5BrFN/c9-8(5-11)6-2-1-3-7(10)4-6/h1-4,8H. The monoisotopic (exact) mass is 213 g/mol. The third kappa shape index (κ3) is 2.02. The summed E-state index contributed by atoms with van der Waals surface area (Å²) in [6, 6.07) is 7.92. The van der Waals surface area contributed by atoms with E-state index in [1.54, 1.807) is 12.1 Å². The summed E-state index contributed by atoms with van der Waals surface area (Å²) in [6.07, 6.45) is 0. The van der Waals surface area contributed by atoms with Gasteiger partial charge in [0.25, 0.3) is 0 Å². The minimum Gasteiger partial charge on any atom is -0.207 e. The van der Waals surface area contributed by atoms with Gasteiger partial charge in [-0.15, -0.1) is 0 Å². The first-order chi connectivity index (χ1) is 5.24. The van der Waals surface area contributed by atoms with E-state index in [1.807, 2.05) is 6.07 Å². The van der Waals surface area contributed by atoms with Gasteiger partial charge in [0.2, 0.25) is 0 Å². The van der Waals surface area contributed by atoms with Crippen molar-refractivity contribution < 1.29 is 4.39 Å². The Bertz CT molecular complexity index is 292.